The van der Waals surface area contributed by atoms with Gasteiger partial charge >= 0.3 is 0 Å². The number of amides is 1. The molecule has 0 unspecified atom stereocenters. The van der Waals surface area contributed by atoms with Crippen molar-refractivity contribution >= 4 is 23.6 Å². The number of halogens is 1. The zero-order valence-electron chi connectivity index (χ0n) is 17.2. The summed E-state index contributed by atoms with van der Waals surface area (Å²) in [5.74, 6) is 1.04. The second kappa shape index (κ2) is 9.98. The molecule has 156 valence electrons. The predicted octanol–water partition coefficient (Wildman–Crippen LogP) is 4.24. The molecule has 0 atom stereocenters. The zero-order chi connectivity index (χ0) is 21.5. The smallest absolute Gasteiger partial charge is 0.244 e. The molecule has 1 amide bonds. The van der Waals surface area contributed by atoms with E-state index in [9.17, 15) is 4.79 Å². The third kappa shape index (κ3) is 5.21. The van der Waals surface area contributed by atoms with Gasteiger partial charge in [-0.1, -0.05) is 48.0 Å². The van der Waals surface area contributed by atoms with Gasteiger partial charge in [-0.2, -0.15) is 5.10 Å². The van der Waals surface area contributed by atoms with E-state index in [0.717, 1.165) is 22.4 Å². The first kappa shape index (κ1) is 21.5. The summed E-state index contributed by atoms with van der Waals surface area (Å²) in [6, 6.07) is 15.5. The van der Waals surface area contributed by atoms with Crippen molar-refractivity contribution in [2.45, 2.75) is 20.0 Å². The number of methoxy groups -OCH3 is 2. The Labute approximate surface area is 181 Å². The highest BCUT2D eigenvalue weighted by Gasteiger charge is 2.12. The van der Waals surface area contributed by atoms with Gasteiger partial charge in [0.25, 0.3) is 0 Å². The SMILES string of the molecule is COc1ccc(CNC(=O)/C=C/c2c(C)nn(Cc3ccccc3)c2Cl)cc1OC. The molecule has 0 spiro atoms. The topological polar surface area (TPSA) is 65.4 Å². The van der Waals surface area contributed by atoms with Crippen LogP contribution in [0.3, 0.4) is 0 Å². The first-order valence-corrected chi connectivity index (χ1v) is 9.83. The van der Waals surface area contributed by atoms with Crippen molar-refractivity contribution in [3.63, 3.8) is 0 Å². The molecular formula is C23H24ClN3O3. The fourth-order valence-corrected chi connectivity index (χ4v) is 3.31. The third-order valence-electron chi connectivity index (χ3n) is 4.60. The van der Waals surface area contributed by atoms with E-state index in [2.05, 4.69) is 10.4 Å². The van der Waals surface area contributed by atoms with Crippen LogP contribution in [0.1, 0.15) is 22.4 Å². The molecule has 0 radical (unpaired) electrons. The van der Waals surface area contributed by atoms with Gasteiger partial charge in [-0.15, -0.1) is 0 Å². The fourth-order valence-electron chi connectivity index (χ4n) is 3.02. The van der Waals surface area contributed by atoms with Crippen molar-refractivity contribution in [1.29, 1.82) is 0 Å². The van der Waals surface area contributed by atoms with Crippen LogP contribution in [0.15, 0.2) is 54.6 Å². The predicted molar refractivity (Wildman–Crippen MR) is 118 cm³/mol. The van der Waals surface area contributed by atoms with E-state index in [4.69, 9.17) is 21.1 Å². The zero-order valence-corrected chi connectivity index (χ0v) is 17.9. The molecular weight excluding hydrogens is 402 g/mol. The van der Waals surface area contributed by atoms with Crippen LogP contribution in [0.5, 0.6) is 11.5 Å². The van der Waals surface area contributed by atoms with Crippen molar-refractivity contribution < 1.29 is 14.3 Å². The maximum atomic E-state index is 12.3. The number of nitrogens with one attached hydrogen (secondary N) is 1. The highest BCUT2D eigenvalue weighted by atomic mass is 35.5. The maximum absolute atomic E-state index is 12.3. The van der Waals surface area contributed by atoms with E-state index in [0.29, 0.717) is 29.7 Å². The monoisotopic (exact) mass is 425 g/mol. The minimum Gasteiger partial charge on any atom is -0.493 e. The van der Waals surface area contributed by atoms with Gasteiger partial charge in [-0.3, -0.25) is 4.79 Å². The number of hydrogen-bond acceptors (Lipinski definition) is 4. The minimum absolute atomic E-state index is 0.226. The van der Waals surface area contributed by atoms with Gasteiger partial charge in [0.1, 0.15) is 5.15 Å². The Kier molecular flexibility index (Phi) is 7.14. The standard InChI is InChI=1S/C23H24ClN3O3/c1-16-19(23(24)27(26-16)15-17-7-5-4-6-8-17)10-12-22(28)25-14-18-9-11-20(29-2)21(13-18)30-3/h4-13H,14-15H2,1-3H3,(H,25,28)/b12-10+. The quantitative estimate of drug-likeness (QED) is 0.548. The lowest BCUT2D eigenvalue weighted by molar-refractivity contribution is -0.116. The van der Waals surface area contributed by atoms with E-state index >= 15 is 0 Å². The van der Waals surface area contributed by atoms with Crippen molar-refractivity contribution in [2.24, 2.45) is 0 Å². The number of nitrogens with zero attached hydrogens (tertiary/aromatic N) is 2. The largest absolute Gasteiger partial charge is 0.493 e. The van der Waals surface area contributed by atoms with E-state index in [1.807, 2.05) is 49.4 Å². The number of rotatable bonds is 8. The van der Waals surface area contributed by atoms with Crippen LogP contribution in [-0.2, 0) is 17.9 Å². The summed E-state index contributed by atoms with van der Waals surface area (Å²) in [6.45, 7) is 2.80. The second-order valence-corrected chi connectivity index (χ2v) is 7.03. The van der Waals surface area contributed by atoms with E-state index in [1.165, 1.54) is 6.08 Å². The maximum Gasteiger partial charge on any atom is 0.244 e. The number of hydrogen-bond donors (Lipinski definition) is 1. The molecule has 30 heavy (non-hydrogen) atoms. The van der Waals surface area contributed by atoms with Crippen LogP contribution in [0, 0.1) is 6.92 Å². The summed E-state index contributed by atoms with van der Waals surface area (Å²) in [4.78, 5) is 12.3. The Morgan fingerprint density at radius 3 is 2.53 bits per heavy atom. The molecule has 0 bridgehead atoms. The van der Waals surface area contributed by atoms with Crippen molar-refractivity contribution in [1.82, 2.24) is 15.1 Å². The van der Waals surface area contributed by atoms with Gasteiger partial charge in [0.2, 0.25) is 5.91 Å². The summed E-state index contributed by atoms with van der Waals surface area (Å²) in [5, 5.41) is 7.84. The van der Waals surface area contributed by atoms with Crippen LogP contribution >= 0.6 is 11.6 Å². The number of carbonyl (C=O) groups excluding carboxylic acids is 1. The fraction of sp³-hybridized carbons (Fsp3) is 0.217. The molecule has 1 N–H and O–H groups in total. The highest BCUT2D eigenvalue weighted by molar-refractivity contribution is 6.31. The summed E-state index contributed by atoms with van der Waals surface area (Å²) in [6.07, 6.45) is 3.15. The highest BCUT2D eigenvalue weighted by Crippen LogP contribution is 2.27. The molecule has 0 fully saturated rings. The van der Waals surface area contributed by atoms with E-state index < -0.39 is 0 Å². The first-order chi connectivity index (χ1) is 14.5. The molecule has 7 heteroatoms. The Bertz CT molecular complexity index is 1050. The minimum atomic E-state index is -0.226. The summed E-state index contributed by atoms with van der Waals surface area (Å²) < 4.78 is 12.2. The van der Waals surface area contributed by atoms with Crippen molar-refractivity contribution in [3.8, 4) is 11.5 Å². The molecule has 0 aliphatic carbocycles. The number of carbonyl (C=O) groups is 1. The molecule has 1 heterocycles. The van der Waals surface area contributed by atoms with Crippen LogP contribution in [0.2, 0.25) is 5.15 Å². The normalized spacial score (nSPS) is 10.9. The lowest BCUT2D eigenvalue weighted by atomic mass is 10.2. The molecule has 0 aliphatic heterocycles. The number of aryl methyl sites for hydroxylation is 1. The van der Waals surface area contributed by atoms with E-state index in [1.54, 1.807) is 31.0 Å². The Morgan fingerprint density at radius 1 is 1.10 bits per heavy atom. The average Bonchev–Trinajstić information content (AvgIpc) is 3.03. The summed E-state index contributed by atoms with van der Waals surface area (Å²) in [7, 11) is 3.16. The average molecular weight is 426 g/mol. The van der Waals surface area contributed by atoms with Crippen molar-refractivity contribution in [2.75, 3.05) is 14.2 Å². The van der Waals surface area contributed by atoms with Crippen LogP contribution < -0.4 is 14.8 Å². The molecule has 3 rings (SSSR count). The van der Waals surface area contributed by atoms with Crippen LogP contribution in [0.4, 0.5) is 0 Å². The van der Waals surface area contributed by atoms with Gasteiger partial charge in [0.05, 0.1) is 26.5 Å². The Hall–Kier alpha value is -3.25. The number of benzene rings is 2. The summed E-state index contributed by atoms with van der Waals surface area (Å²) >= 11 is 6.49. The van der Waals surface area contributed by atoms with E-state index in [-0.39, 0.29) is 5.91 Å². The van der Waals surface area contributed by atoms with Gasteiger partial charge < -0.3 is 14.8 Å². The van der Waals surface area contributed by atoms with Crippen LogP contribution in [-0.4, -0.2) is 29.9 Å². The van der Waals surface area contributed by atoms with Crippen LogP contribution in [0.25, 0.3) is 6.08 Å². The Morgan fingerprint density at radius 2 is 1.83 bits per heavy atom. The molecule has 1 aromatic heterocycles. The number of ether oxygens (including phenoxy) is 2. The molecule has 0 saturated heterocycles. The molecule has 6 nitrogen and oxygen atoms in total. The second-order valence-electron chi connectivity index (χ2n) is 6.67. The number of aromatic nitrogens is 2. The Balaban J connectivity index is 1.63. The van der Waals surface area contributed by atoms with Gasteiger partial charge in [0, 0.05) is 18.2 Å². The molecule has 3 aromatic rings. The first-order valence-electron chi connectivity index (χ1n) is 9.45. The van der Waals surface area contributed by atoms with Gasteiger partial charge in [-0.05, 0) is 36.3 Å². The molecule has 0 aliphatic rings. The van der Waals surface area contributed by atoms with Crippen molar-refractivity contribution in [3.05, 3.63) is 82.1 Å². The summed E-state index contributed by atoms with van der Waals surface area (Å²) in [5.41, 5.74) is 3.50. The van der Waals surface area contributed by atoms with Gasteiger partial charge in [-0.25, -0.2) is 4.68 Å². The lowest BCUT2D eigenvalue weighted by Crippen LogP contribution is -2.20. The molecule has 0 saturated carbocycles. The van der Waals surface area contributed by atoms with Gasteiger partial charge in [0.15, 0.2) is 11.5 Å². The third-order valence-corrected chi connectivity index (χ3v) is 5.00. The molecule has 2 aromatic carbocycles. The lowest BCUT2D eigenvalue weighted by Gasteiger charge is -2.09.